The quantitative estimate of drug-likeness (QED) is 0.701. The van der Waals surface area contributed by atoms with E-state index < -0.39 is 0 Å². The van der Waals surface area contributed by atoms with Crippen LogP contribution in [-0.4, -0.2) is 24.4 Å². The predicted molar refractivity (Wildman–Crippen MR) is 48.9 cm³/mol. The van der Waals surface area contributed by atoms with Crippen LogP contribution in [0.1, 0.15) is 27.2 Å². The van der Waals surface area contributed by atoms with Crippen molar-refractivity contribution < 1.29 is 9.84 Å². The topological polar surface area (TPSA) is 29.5 Å². The second-order valence-corrected chi connectivity index (χ2v) is 4.22. The highest BCUT2D eigenvalue weighted by atomic mass is 16.5. The molecule has 1 N–H and O–H groups in total. The zero-order valence-corrected chi connectivity index (χ0v) is 8.29. The van der Waals surface area contributed by atoms with Crippen molar-refractivity contribution in [2.45, 2.75) is 33.3 Å². The van der Waals surface area contributed by atoms with Gasteiger partial charge in [-0.2, -0.15) is 0 Å². The molecule has 0 saturated carbocycles. The minimum Gasteiger partial charge on any atom is -0.393 e. The Morgan fingerprint density at radius 2 is 2.00 bits per heavy atom. The van der Waals surface area contributed by atoms with Crippen molar-refractivity contribution >= 4 is 0 Å². The summed E-state index contributed by atoms with van der Waals surface area (Å²) in [7, 11) is 0. The molecule has 1 aliphatic heterocycles. The van der Waals surface area contributed by atoms with Crippen molar-refractivity contribution in [2.75, 3.05) is 13.2 Å². The first kappa shape index (κ1) is 10.0. The lowest BCUT2D eigenvalue weighted by Gasteiger charge is -2.26. The summed E-state index contributed by atoms with van der Waals surface area (Å²) >= 11 is 0. The molecule has 1 fully saturated rings. The van der Waals surface area contributed by atoms with Crippen molar-refractivity contribution in [3.63, 3.8) is 0 Å². The molecule has 1 aliphatic rings. The molecule has 0 aromatic carbocycles. The van der Waals surface area contributed by atoms with Gasteiger partial charge in [-0.3, -0.25) is 0 Å². The molecule has 12 heavy (non-hydrogen) atoms. The van der Waals surface area contributed by atoms with Crippen molar-refractivity contribution in [3.8, 4) is 0 Å². The Bertz CT molecular complexity index is 126. The van der Waals surface area contributed by atoms with E-state index in [1.165, 1.54) is 0 Å². The van der Waals surface area contributed by atoms with Crippen LogP contribution in [-0.2, 0) is 4.74 Å². The molecule has 1 heterocycles. The standard InChI is InChI=1S/C10H20O2/c1-7(2)10(11)8(3)9-4-5-12-6-9/h7-11H,4-6H2,1-3H3. The van der Waals surface area contributed by atoms with E-state index in [-0.39, 0.29) is 6.10 Å². The fraction of sp³-hybridized carbons (Fsp3) is 1.00. The summed E-state index contributed by atoms with van der Waals surface area (Å²) in [6.45, 7) is 7.97. The monoisotopic (exact) mass is 172 g/mol. The summed E-state index contributed by atoms with van der Waals surface area (Å²) in [5.74, 6) is 1.32. The number of rotatable bonds is 3. The number of hydrogen-bond acceptors (Lipinski definition) is 2. The van der Waals surface area contributed by atoms with E-state index >= 15 is 0 Å². The van der Waals surface area contributed by atoms with Crippen LogP contribution >= 0.6 is 0 Å². The summed E-state index contributed by atoms with van der Waals surface area (Å²) in [5.41, 5.74) is 0. The number of hydrogen-bond donors (Lipinski definition) is 1. The molecular formula is C10H20O2. The minimum atomic E-state index is -0.170. The second-order valence-electron chi connectivity index (χ2n) is 4.22. The molecule has 72 valence electrons. The lowest BCUT2D eigenvalue weighted by atomic mass is 9.84. The third kappa shape index (κ3) is 2.20. The zero-order chi connectivity index (χ0) is 9.14. The molecule has 0 aliphatic carbocycles. The molecule has 0 aromatic rings. The first-order chi connectivity index (χ1) is 5.63. The number of ether oxygens (including phenoxy) is 1. The lowest BCUT2D eigenvalue weighted by molar-refractivity contribution is 0.0398. The van der Waals surface area contributed by atoms with Gasteiger partial charge in [0.15, 0.2) is 0 Å². The van der Waals surface area contributed by atoms with Crippen molar-refractivity contribution in [1.29, 1.82) is 0 Å². The van der Waals surface area contributed by atoms with Gasteiger partial charge in [0.25, 0.3) is 0 Å². The molecule has 0 spiro atoms. The van der Waals surface area contributed by atoms with E-state index in [0.29, 0.717) is 17.8 Å². The molecule has 0 radical (unpaired) electrons. The maximum atomic E-state index is 9.80. The Labute approximate surface area is 74.9 Å². The van der Waals surface area contributed by atoms with Gasteiger partial charge in [0.05, 0.1) is 6.10 Å². The van der Waals surface area contributed by atoms with Gasteiger partial charge in [0.2, 0.25) is 0 Å². The lowest BCUT2D eigenvalue weighted by Crippen LogP contribution is -2.29. The zero-order valence-electron chi connectivity index (χ0n) is 8.29. The van der Waals surface area contributed by atoms with Crippen molar-refractivity contribution in [1.82, 2.24) is 0 Å². The van der Waals surface area contributed by atoms with Crippen LogP contribution in [0.2, 0.25) is 0 Å². The molecule has 0 amide bonds. The maximum Gasteiger partial charge on any atom is 0.0592 e. The third-order valence-corrected chi connectivity index (χ3v) is 2.93. The van der Waals surface area contributed by atoms with Gasteiger partial charge < -0.3 is 9.84 Å². The molecule has 3 atom stereocenters. The normalized spacial score (nSPS) is 29.2. The van der Waals surface area contributed by atoms with Crippen LogP contribution in [0.25, 0.3) is 0 Å². The van der Waals surface area contributed by atoms with E-state index in [9.17, 15) is 5.11 Å². The van der Waals surface area contributed by atoms with Crippen LogP contribution < -0.4 is 0 Å². The third-order valence-electron chi connectivity index (χ3n) is 2.93. The van der Waals surface area contributed by atoms with Crippen LogP contribution in [0.4, 0.5) is 0 Å². The summed E-state index contributed by atoms with van der Waals surface area (Å²) in [6, 6.07) is 0. The van der Waals surface area contributed by atoms with Crippen molar-refractivity contribution in [3.05, 3.63) is 0 Å². The first-order valence-corrected chi connectivity index (χ1v) is 4.88. The number of aliphatic hydroxyl groups excluding tert-OH is 1. The highest BCUT2D eigenvalue weighted by molar-refractivity contribution is 4.77. The van der Waals surface area contributed by atoms with E-state index in [1.807, 2.05) is 0 Å². The van der Waals surface area contributed by atoms with Gasteiger partial charge in [0.1, 0.15) is 0 Å². The number of aliphatic hydroxyl groups is 1. The van der Waals surface area contributed by atoms with E-state index in [1.54, 1.807) is 0 Å². The maximum absolute atomic E-state index is 9.80. The average molecular weight is 172 g/mol. The average Bonchev–Trinajstić information content (AvgIpc) is 2.53. The molecule has 2 nitrogen and oxygen atoms in total. The highest BCUT2D eigenvalue weighted by Gasteiger charge is 2.28. The molecule has 0 bridgehead atoms. The smallest absolute Gasteiger partial charge is 0.0592 e. The van der Waals surface area contributed by atoms with Crippen LogP contribution in [0.15, 0.2) is 0 Å². The van der Waals surface area contributed by atoms with Crippen molar-refractivity contribution in [2.24, 2.45) is 17.8 Å². The Morgan fingerprint density at radius 1 is 1.33 bits per heavy atom. The summed E-state index contributed by atoms with van der Waals surface area (Å²) in [5, 5.41) is 9.80. The van der Waals surface area contributed by atoms with Gasteiger partial charge >= 0.3 is 0 Å². The van der Waals surface area contributed by atoms with Gasteiger partial charge in [-0.15, -0.1) is 0 Å². The van der Waals surface area contributed by atoms with Crippen LogP contribution in [0, 0.1) is 17.8 Å². The van der Waals surface area contributed by atoms with Crippen LogP contribution in [0.5, 0.6) is 0 Å². The Hall–Kier alpha value is -0.0800. The molecule has 3 unspecified atom stereocenters. The van der Waals surface area contributed by atoms with Crippen LogP contribution in [0.3, 0.4) is 0 Å². The summed E-state index contributed by atoms with van der Waals surface area (Å²) in [4.78, 5) is 0. The Morgan fingerprint density at radius 3 is 2.42 bits per heavy atom. The first-order valence-electron chi connectivity index (χ1n) is 4.88. The molecule has 1 saturated heterocycles. The van der Waals surface area contributed by atoms with Gasteiger partial charge in [-0.05, 0) is 24.2 Å². The van der Waals surface area contributed by atoms with Gasteiger partial charge in [-0.25, -0.2) is 0 Å². The fourth-order valence-corrected chi connectivity index (χ4v) is 1.85. The van der Waals surface area contributed by atoms with E-state index in [4.69, 9.17) is 4.74 Å². The second kappa shape index (κ2) is 4.24. The molecule has 0 aromatic heterocycles. The minimum absolute atomic E-state index is 0.170. The van der Waals surface area contributed by atoms with Gasteiger partial charge in [-0.1, -0.05) is 20.8 Å². The van der Waals surface area contributed by atoms with Gasteiger partial charge in [0, 0.05) is 13.2 Å². The predicted octanol–water partition coefficient (Wildman–Crippen LogP) is 1.68. The molecule has 1 rings (SSSR count). The highest BCUT2D eigenvalue weighted by Crippen LogP contribution is 2.27. The molecule has 2 heteroatoms. The SMILES string of the molecule is CC(C)C(O)C(C)C1CCOC1. The summed E-state index contributed by atoms with van der Waals surface area (Å²) in [6.07, 6.45) is 0.946. The summed E-state index contributed by atoms with van der Waals surface area (Å²) < 4.78 is 5.30. The van der Waals surface area contributed by atoms with E-state index in [0.717, 1.165) is 19.6 Å². The fourth-order valence-electron chi connectivity index (χ4n) is 1.85. The Balaban J connectivity index is 2.39. The molecular weight excluding hydrogens is 152 g/mol. The van der Waals surface area contributed by atoms with E-state index in [2.05, 4.69) is 20.8 Å². The Kier molecular flexibility index (Phi) is 3.53. The largest absolute Gasteiger partial charge is 0.393 e.